The number of Topliss-reactive ketones (excluding diaryl/α,β-unsaturated/α-hetero) is 1. The van der Waals surface area contributed by atoms with E-state index in [1.54, 1.807) is 19.2 Å². The average molecular weight is 192 g/mol. The van der Waals surface area contributed by atoms with Gasteiger partial charge in [-0.05, 0) is 19.1 Å². The lowest BCUT2D eigenvalue weighted by molar-refractivity contribution is -0.120. The quantitative estimate of drug-likeness (QED) is 0.642. The Kier molecular flexibility index (Phi) is 2.21. The molecule has 0 saturated carbocycles. The third-order valence-corrected chi connectivity index (χ3v) is 2.38. The highest BCUT2D eigenvalue weighted by molar-refractivity contribution is 5.87. The maximum atomic E-state index is 11.5. The van der Waals surface area contributed by atoms with Crippen molar-refractivity contribution in [2.45, 2.75) is 25.5 Å². The molecular formula is C10H12N2O2. The molecule has 0 saturated heterocycles. The van der Waals surface area contributed by atoms with E-state index in [1.807, 2.05) is 6.07 Å². The van der Waals surface area contributed by atoms with E-state index in [-0.39, 0.29) is 18.3 Å². The van der Waals surface area contributed by atoms with Crippen molar-refractivity contribution in [2.75, 3.05) is 0 Å². The number of carbonyl (C=O) groups excluding carboxylic acids is 1. The van der Waals surface area contributed by atoms with Crippen molar-refractivity contribution in [3.63, 3.8) is 0 Å². The van der Waals surface area contributed by atoms with Gasteiger partial charge >= 0.3 is 0 Å². The number of nitrogens with two attached hydrogens (primary N) is 1. The van der Waals surface area contributed by atoms with Crippen molar-refractivity contribution < 1.29 is 9.53 Å². The molecule has 0 radical (unpaired) electrons. The molecule has 1 aliphatic heterocycles. The van der Waals surface area contributed by atoms with Gasteiger partial charge in [0.15, 0.2) is 5.78 Å². The molecule has 0 aliphatic carbocycles. The zero-order valence-corrected chi connectivity index (χ0v) is 7.93. The first-order valence-corrected chi connectivity index (χ1v) is 4.57. The van der Waals surface area contributed by atoms with Crippen LogP contribution in [0, 0.1) is 0 Å². The van der Waals surface area contributed by atoms with Gasteiger partial charge in [0.25, 0.3) is 0 Å². The molecule has 4 nitrogen and oxygen atoms in total. The summed E-state index contributed by atoms with van der Waals surface area (Å²) in [4.78, 5) is 15.6. The molecule has 2 heterocycles. The molecule has 0 unspecified atom stereocenters. The van der Waals surface area contributed by atoms with Crippen LogP contribution in [0.25, 0.3) is 0 Å². The van der Waals surface area contributed by atoms with Gasteiger partial charge in [0.1, 0.15) is 17.9 Å². The van der Waals surface area contributed by atoms with Gasteiger partial charge in [0, 0.05) is 6.20 Å². The van der Waals surface area contributed by atoms with Gasteiger partial charge in [-0.1, -0.05) is 0 Å². The molecule has 0 amide bonds. The number of hydrogen-bond acceptors (Lipinski definition) is 4. The summed E-state index contributed by atoms with van der Waals surface area (Å²) in [5.41, 5.74) is 6.38. The minimum Gasteiger partial charge on any atom is -0.487 e. The number of nitrogens with zero attached hydrogens (tertiary/aromatic N) is 1. The number of hydrogen-bond donors (Lipinski definition) is 1. The first-order chi connectivity index (χ1) is 6.68. The molecule has 2 rings (SSSR count). The summed E-state index contributed by atoms with van der Waals surface area (Å²) in [6.07, 6.45) is 1.63. The lowest BCUT2D eigenvalue weighted by Crippen LogP contribution is -2.42. The number of ketones is 1. The normalized spacial score (nSPS) is 26.3. The number of pyridine rings is 1. The maximum Gasteiger partial charge on any atom is 0.159 e. The molecule has 0 spiro atoms. The Labute approximate surface area is 82.1 Å². The number of carbonyl (C=O) groups is 1. The summed E-state index contributed by atoms with van der Waals surface area (Å²) < 4.78 is 5.53. The Balaban J connectivity index is 2.39. The van der Waals surface area contributed by atoms with Crippen molar-refractivity contribution in [2.24, 2.45) is 5.73 Å². The minimum atomic E-state index is -0.552. The predicted molar refractivity (Wildman–Crippen MR) is 51.0 cm³/mol. The molecule has 0 fully saturated rings. The van der Waals surface area contributed by atoms with Crippen LogP contribution in [0.5, 0.6) is 5.75 Å². The minimum absolute atomic E-state index is 0.0186. The first-order valence-electron chi connectivity index (χ1n) is 4.57. The zero-order valence-electron chi connectivity index (χ0n) is 7.93. The Morgan fingerprint density at radius 3 is 3.21 bits per heavy atom. The van der Waals surface area contributed by atoms with Gasteiger partial charge in [0.2, 0.25) is 0 Å². The summed E-state index contributed by atoms with van der Waals surface area (Å²) in [6.45, 7) is 1.80. The van der Waals surface area contributed by atoms with Crippen LogP contribution in [-0.2, 0) is 11.2 Å². The average Bonchev–Trinajstić information content (AvgIpc) is 2.28. The van der Waals surface area contributed by atoms with Crippen LogP contribution in [0.2, 0.25) is 0 Å². The van der Waals surface area contributed by atoms with Crippen molar-refractivity contribution in [1.82, 2.24) is 4.98 Å². The third-order valence-electron chi connectivity index (χ3n) is 2.38. The Hall–Kier alpha value is -1.42. The van der Waals surface area contributed by atoms with Crippen LogP contribution in [0.15, 0.2) is 18.3 Å². The molecule has 2 atom stereocenters. The fourth-order valence-corrected chi connectivity index (χ4v) is 1.48. The van der Waals surface area contributed by atoms with Crippen LogP contribution < -0.4 is 10.5 Å². The second kappa shape index (κ2) is 3.38. The van der Waals surface area contributed by atoms with E-state index in [4.69, 9.17) is 10.5 Å². The fourth-order valence-electron chi connectivity index (χ4n) is 1.48. The molecular weight excluding hydrogens is 180 g/mol. The van der Waals surface area contributed by atoms with Gasteiger partial charge < -0.3 is 10.5 Å². The van der Waals surface area contributed by atoms with E-state index < -0.39 is 6.04 Å². The Morgan fingerprint density at radius 2 is 2.43 bits per heavy atom. The summed E-state index contributed by atoms with van der Waals surface area (Å²) in [6, 6.07) is 3.04. The summed E-state index contributed by atoms with van der Waals surface area (Å²) in [5, 5.41) is 0. The van der Waals surface area contributed by atoms with Crippen molar-refractivity contribution >= 4 is 5.78 Å². The largest absolute Gasteiger partial charge is 0.487 e. The molecule has 2 N–H and O–H groups in total. The van der Waals surface area contributed by atoms with Crippen LogP contribution in [0.3, 0.4) is 0 Å². The van der Waals surface area contributed by atoms with Crippen LogP contribution in [-0.4, -0.2) is 22.9 Å². The number of aromatic nitrogens is 1. The highest BCUT2D eigenvalue weighted by atomic mass is 16.5. The number of ether oxygens (including phenoxy) is 1. The second-order valence-corrected chi connectivity index (χ2v) is 3.44. The lowest BCUT2D eigenvalue weighted by atomic mass is 10.1. The maximum absolute atomic E-state index is 11.5. The summed E-state index contributed by atoms with van der Waals surface area (Å²) >= 11 is 0. The van der Waals surface area contributed by atoms with Crippen LogP contribution in [0.4, 0.5) is 0 Å². The fraction of sp³-hybridized carbons (Fsp3) is 0.400. The summed E-state index contributed by atoms with van der Waals surface area (Å²) in [5.74, 6) is 0.649. The van der Waals surface area contributed by atoms with Gasteiger partial charge in [-0.3, -0.25) is 9.78 Å². The highest BCUT2D eigenvalue weighted by Crippen LogP contribution is 2.22. The van der Waals surface area contributed by atoms with Crippen molar-refractivity contribution in [3.8, 4) is 5.75 Å². The molecule has 14 heavy (non-hydrogen) atoms. The first kappa shape index (κ1) is 9.15. The van der Waals surface area contributed by atoms with Crippen molar-refractivity contribution in [1.29, 1.82) is 0 Å². The van der Waals surface area contributed by atoms with E-state index in [9.17, 15) is 4.79 Å². The molecule has 0 aromatic carbocycles. The molecule has 74 valence electrons. The third kappa shape index (κ3) is 1.48. The van der Waals surface area contributed by atoms with Crippen LogP contribution in [0.1, 0.15) is 12.6 Å². The van der Waals surface area contributed by atoms with Gasteiger partial charge in [0.05, 0.1) is 12.1 Å². The number of fused-ring (bicyclic) bond motifs is 1. The molecule has 4 heteroatoms. The Bertz CT molecular complexity index is 365. The molecule has 1 aliphatic rings. The van der Waals surface area contributed by atoms with Gasteiger partial charge in [-0.2, -0.15) is 0 Å². The van der Waals surface area contributed by atoms with E-state index in [2.05, 4.69) is 4.98 Å². The second-order valence-electron chi connectivity index (χ2n) is 3.44. The molecule has 1 aromatic heterocycles. The van der Waals surface area contributed by atoms with Gasteiger partial charge in [-0.15, -0.1) is 0 Å². The highest BCUT2D eigenvalue weighted by Gasteiger charge is 2.28. The van der Waals surface area contributed by atoms with Crippen LogP contribution >= 0.6 is 0 Å². The van der Waals surface area contributed by atoms with Crippen molar-refractivity contribution in [3.05, 3.63) is 24.0 Å². The standard InChI is InChI=1S/C10H12N2O2/c1-6-10(11)8(13)5-7-9(14-6)3-2-4-12-7/h2-4,6,10H,5,11H2,1H3/t6-,10-/m0/s1. The van der Waals surface area contributed by atoms with E-state index in [1.165, 1.54) is 0 Å². The topological polar surface area (TPSA) is 65.2 Å². The summed E-state index contributed by atoms with van der Waals surface area (Å²) in [7, 11) is 0. The number of rotatable bonds is 0. The SMILES string of the molecule is C[C@@H]1Oc2cccnc2CC(=O)[C@H]1N. The monoisotopic (exact) mass is 192 g/mol. The molecule has 1 aromatic rings. The molecule has 0 bridgehead atoms. The Morgan fingerprint density at radius 1 is 1.64 bits per heavy atom. The predicted octanol–water partition coefficient (Wildman–Crippen LogP) is 0.301. The van der Waals surface area contributed by atoms with E-state index >= 15 is 0 Å². The van der Waals surface area contributed by atoms with E-state index in [0.717, 1.165) is 0 Å². The zero-order chi connectivity index (χ0) is 10.1. The lowest BCUT2D eigenvalue weighted by Gasteiger charge is -2.16. The smallest absolute Gasteiger partial charge is 0.159 e. The van der Waals surface area contributed by atoms with E-state index in [0.29, 0.717) is 11.4 Å². The van der Waals surface area contributed by atoms with Gasteiger partial charge in [-0.25, -0.2) is 0 Å².